The Morgan fingerprint density at radius 1 is 1.02 bits per heavy atom. The number of carbonyl (C=O) groups is 4. The van der Waals surface area contributed by atoms with Gasteiger partial charge in [-0.1, -0.05) is 48.7 Å². The van der Waals surface area contributed by atoms with Crippen LogP contribution in [0.25, 0.3) is 5.00 Å². The average Bonchev–Trinajstić information content (AvgIpc) is 3.79. The first-order chi connectivity index (χ1) is 26.0. The second-order valence-electron chi connectivity index (χ2n) is 14.8. The molecule has 0 radical (unpaired) electrons. The highest BCUT2D eigenvalue weighted by Gasteiger charge is 2.47. The van der Waals surface area contributed by atoms with Gasteiger partial charge in [0.05, 0.1) is 17.5 Å². The summed E-state index contributed by atoms with van der Waals surface area (Å²) in [5.41, 5.74) is 5.01. The van der Waals surface area contributed by atoms with Crippen molar-refractivity contribution in [2.75, 3.05) is 19.6 Å². The summed E-state index contributed by atoms with van der Waals surface area (Å²) in [7, 11) is 0. The van der Waals surface area contributed by atoms with Gasteiger partial charge < -0.3 is 10.2 Å². The van der Waals surface area contributed by atoms with Crippen molar-refractivity contribution in [3.05, 3.63) is 97.9 Å². The summed E-state index contributed by atoms with van der Waals surface area (Å²) in [5.74, 6) is 0.800. The molecule has 2 saturated heterocycles. The molecule has 5 heterocycles. The average molecular weight is 768 g/mol. The van der Waals surface area contributed by atoms with E-state index in [1.54, 1.807) is 16.2 Å². The van der Waals surface area contributed by atoms with Crippen molar-refractivity contribution in [1.29, 1.82) is 0 Å². The summed E-state index contributed by atoms with van der Waals surface area (Å²) in [6.45, 7) is 7.58. The molecule has 0 aliphatic carbocycles. The second-order valence-corrected chi connectivity index (χ2v) is 16.5. The molecule has 0 saturated carbocycles. The Bertz CT molecular complexity index is 2120. The third kappa shape index (κ3) is 7.77. The number of amides is 4. The predicted octanol–water partition coefficient (Wildman–Crippen LogP) is 6.77. The lowest BCUT2D eigenvalue weighted by Crippen LogP contribution is -2.43. The molecule has 1 unspecified atom stereocenters. The first-order valence-electron chi connectivity index (χ1n) is 18.9. The normalized spacial score (nSPS) is 19.5. The number of imide groups is 1. The monoisotopic (exact) mass is 767 g/mol. The van der Waals surface area contributed by atoms with Crippen molar-refractivity contribution in [3.8, 4) is 5.00 Å². The number of unbranched alkanes of at least 4 members (excludes halogenated alkanes) is 3. The number of aryl methyl sites for hydroxylation is 3. The quantitative estimate of drug-likeness (QED) is 0.128. The molecule has 4 aromatic rings. The van der Waals surface area contributed by atoms with E-state index in [-0.39, 0.29) is 30.0 Å². The molecule has 2 aromatic heterocycles. The molecule has 2 atom stereocenters. The van der Waals surface area contributed by atoms with Gasteiger partial charge in [0.1, 0.15) is 16.9 Å². The SMILES string of the molecule is Cc1sc2c(c1C)C(c1ccc(Cl)cc1)=N[C@@H](CC(=O)NCCCCCCc1cccc(C(=O)N3CCC4(CCCC(=O)NC4=O)C3)c1)c1nnc(C)n1-2. The van der Waals surface area contributed by atoms with E-state index < -0.39 is 11.5 Å². The lowest BCUT2D eigenvalue weighted by molar-refractivity contribution is -0.135. The molecule has 2 N–H and O–H groups in total. The first kappa shape index (κ1) is 37.6. The van der Waals surface area contributed by atoms with Crippen LogP contribution in [0.15, 0.2) is 53.5 Å². The van der Waals surface area contributed by atoms with Crippen LogP contribution in [0.4, 0.5) is 0 Å². The lowest BCUT2D eigenvalue weighted by atomic mass is 9.82. The van der Waals surface area contributed by atoms with Crippen molar-refractivity contribution in [2.24, 2.45) is 10.4 Å². The molecule has 4 amide bonds. The number of aromatic nitrogens is 3. The van der Waals surface area contributed by atoms with Gasteiger partial charge in [0.25, 0.3) is 5.91 Å². The number of benzene rings is 2. The number of carbonyl (C=O) groups excluding carboxylic acids is 4. The van der Waals surface area contributed by atoms with Crippen LogP contribution in [0.5, 0.6) is 0 Å². The summed E-state index contributed by atoms with van der Waals surface area (Å²) in [4.78, 5) is 59.6. The Labute approximate surface area is 324 Å². The topological polar surface area (TPSA) is 139 Å². The summed E-state index contributed by atoms with van der Waals surface area (Å²) in [6, 6.07) is 14.9. The number of fused-ring (bicyclic) bond motifs is 3. The number of nitrogens with one attached hydrogen (secondary N) is 2. The van der Waals surface area contributed by atoms with E-state index in [0.717, 1.165) is 70.9 Å². The molecule has 0 bridgehead atoms. The minimum atomic E-state index is -0.670. The highest BCUT2D eigenvalue weighted by molar-refractivity contribution is 7.15. The number of nitrogens with zero attached hydrogens (tertiary/aromatic N) is 5. The maximum atomic E-state index is 13.4. The number of halogens is 1. The molecule has 11 nitrogen and oxygen atoms in total. The number of thiophene rings is 1. The van der Waals surface area contributed by atoms with Crippen LogP contribution >= 0.6 is 22.9 Å². The minimum Gasteiger partial charge on any atom is -0.356 e. The van der Waals surface area contributed by atoms with Gasteiger partial charge in [0, 0.05) is 52.6 Å². The van der Waals surface area contributed by atoms with Gasteiger partial charge in [-0.25, -0.2) is 0 Å². The van der Waals surface area contributed by atoms with Crippen molar-refractivity contribution >= 4 is 52.3 Å². The van der Waals surface area contributed by atoms with Crippen LogP contribution in [0.3, 0.4) is 0 Å². The lowest BCUT2D eigenvalue weighted by Gasteiger charge is -2.25. The van der Waals surface area contributed by atoms with E-state index >= 15 is 0 Å². The van der Waals surface area contributed by atoms with E-state index in [0.29, 0.717) is 61.7 Å². The van der Waals surface area contributed by atoms with Crippen molar-refractivity contribution in [2.45, 2.75) is 91.0 Å². The van der Waals surface area contributed by atoms with Gasteiger partial charge >= 0.3 is 0 Å². The van der Waals surface area contributed by atoms with Gasteiger partial charge in [-0.05, 0) is 94.7 Å². The summed E-state index contributed by atoms with van der Waals surface area (Å²) in [6.07, 6.45) is 7.00. The van der Waals surface area contributed by atoms with Gasteiger partial charge in [0.2, 0.25) is 17.7 Å². The summed E-state index contributed by atoms with van der Waals surface area (Å²) < 4.78 is 2.06. The van der Waals surface area contributed by atoms with Crippen LogP contribution in [0.2, 0.25) is 5.02 Å². The van der Waals surface area contributed by atoms with Gasteiger partial charge in [-0.2, -0.15) is 0 Å². The van der Waals surface area contributed by atoms with Crippen molar-refractivity contribution in [1.82, 2.24) is 30.3 Å². The molecular weight excluding hydrogens is 722 g/mol. The smallest absolute Gasteiger partial charge is 0.253 e. The van der Waals surface area contributed by atoms with E-state index in [2.05, 4.69) is 39.2 Å². The van der Waals surface area contributed by atoms with Crippen LogP contribution in [0.1, 0.15) is 113 Å². The number of hydrogen-bond acceptors (Lipinski definition) is 8. The largest absolute Gasteiger partial charge is 0.356 e. The zero-order valence-corrected chi connectivity index (χ0v) is 32.6. The molecule has 54 heavy (non-hydrogen) atoms. The fraction of sp³-hybridized carbons (Fsp3) is 0.439. The number of aliphatic imine (C=N–C) groups is 1. The third-order valence-corrected chi connectivity index (χ3v) is 12.5. The number of rotatable bonds is 11. The Balaban J connectivity index is 0.900. The number of hydrogen-bond donors (Lipinski definition) is 2. The maximum Gasteiger partial charge on any atom is 0.253 e. The standard InChI is InChI=1S/C41H46ClN7O4S/c1-25-26(2)54-39-35(25)36(29-14-16-31(42)17-15-29)44-32(37-47-46-27(3)49(37)39)23-34(51)43-20-7-5-4-6-10-28-11-8-12-30(22-28)38(52)48-21-19-41(24-48)18-9-13-33(50)45-40(41)53/h8,11-12,14-17,22,32H,4-7,9-10,13,18-21,23-24H2,1-3H3,(H,43,51)(H,45,50,53)/t32-,41?/m0/s1. The predicted molar refractivity (Wildman–Crippen MR) is 209 cm³/mol. The zero-order valence-electron chi connectivity index (χ0n) is 31.0. The van der Waals surface area contributed by atoms with Crippen LogP contribution < -0.4 is 10.6 Å². The zero-order chi connectivity index (χ0) is 38.0. The molecule has 3 aliphatic rings. The molecule has 282 valence electrons. The van der Waals surface area contributed by atoms with E-state index in [1.165, 1.54) is 4.88 Å². The highest BCUT2D eigenvalue weighted by Crippen LogP contribution is 2.40. The van der Waals surface area contributed by atoms with Crippen LogP contribution in [0, 0.1) is 26.2 Å². The Kier molecular flexibility index (Phi) is 11.1. The maximum absolute atomic E-state index is 13.4. The fourth-order valence-electron chi connectivity index (χ4n) is 7.92. The van der Waals surface area contributed by atoms with E-state index in [1.807, 2.05) is 55.5 Å². The van der Waals surface area contributed by atoms with Crippen molar-refractivity contribution in [3.63, 3.8) is 0 Å². The van der Waals surface area contributed by atoms with Crippen molar-refractivity contribution < 1.29 is 19.2 Å². The molecule has 13 heteroatoms. The molecule has 2 fully saturated rings. The van der Waals surface area contributed by atoms with Gasteiger partial charge in [-0.3, -0.25) is 34.1 Å². The van der Waals surface area contributed by atoms with Gasteiger partial charge in [-0.15, -0.1) is 21.5 Å². The van der Waals surface area contributed by atoms with Crippen LogP contribution in [-0.4, -0.2) is 68.6 Å². The highest BCUT2D eigenvalue weighted by atomic mass is 35.5. The summed E-state index contributed by atoms with van der Waals surface area (Å²) in [5, 5.41) is 16.2. The Hall–Kier alpha value is -4.68. The first-order valence-corrected chi connectivity index (χ1v) is 20.1. The van der Waals surface area contributed by atoms with Gasteiger partial charge in [0.15, 0.2) is 5.82 Å². The molecule has 7 rings (SSSR count). The van der Waals surface area contributed by atoms with E-state index in [4.69, 9.17) is 16.6 Å². The summed E-state index contributed by atoms with van der Waals surface area (Å²) >= 11 is 7.92. The van der Waals surface area contributed by atoms with E-state index in [9.17, 15) is 19.2 Å². The Morgan fingerprint density at radius 2 is 1.81 bits per heavy atom. The minimum absolute atomic E-state index is 0.0692. The van der Waals surface area contributed by atoms with Crippen LogP contribution in [-0.2, 0) is 20.8 Å². The number of likely N-dealkylation sites (tertiary alicyclic amines) is 1. The molecular formula is C41H46ClN7O4S. The fourth-order valence-corrected chi connectivity index (χ4v) is 9.26. The molecule has 3 aliphatic heterocycles. The Morgan fingerprint density at radius 3 is 2.63 bits per heavy atom. The third-order valence-electron chi connectivity index (χ3n) is 11.1. The molecule has 1 spiro atoms. The second kappa shape index (κ2) is 16.0. The molecule has 2 aromatic carbocycles.